The first-order valence-electron chi connectivity index (χ1n) is 4.41. The zero-order valence-corrected chi connectivity index (χ0v) is 7.42. The molecule has 0 spiro atoms. The molecule has 0 bridgehead atoms. The summed E-state index contributed by atoms with van der Waals surface area (Å²) in [7, 11) is 0. The smallest absolute Gasteiger partial charge is 0.0823 e. The highest BCUT2D eigenvalue weighted by Gasteiger charge is 2.33. The van der Waals surface area contributed by atoms with Gasteiger partial charge in [-0.25, -0.2) is 0 Å². The largest absolute Gasteiger partial charge is 0.389 e. The first-order chi connectivity index (χ1) is 5.70. The number of hydrogen-bond donors (Lipinski definition) is 1. The summed E-state index contributed by atoms with van der Waals surface area (Å²) in [6.07, 6.45) is 2.48. The molecular formula is C9H15NO2. The molecule has 1 saturated heterocycles. The van der Waals surface area contributed by atoms with E-state index in [1.807, 2.05) is 13.0 Å². The second kappa shape index (κ2) is 3.88. The SMILES string of the molecule is CCC1CC(O)(CC#N)CCO1. The van der Waals surface area contributed by atoms with E-state index in [4.69, 9.17) is 10.00 Å². The molecule has 2 unspecified atom stereocenters. The van der Waals surface area contributed by atoms with E-state index in [0.29, 0.717) is 19.4 Å². The fourth-order valence-corrected chi connectivity index (χ4v) is 1.57. The van der Waals surface area contributed by atoms with E-state index >= 15 is 0 Å². The van der Waals surface area contributed by atoms with Crippen LogP contribution in [0.2, 0.25) is 0 Å². The minimum atomic E-state index is -0.784. The predicted octanol–water partition coefficient (Wildman–Crippen LogP) is 1.22. The zero-order chi connectivity index (χ0) is 9.03. The van der Waals surface area contributed by atoms with Gasteiger partial charge in [-0.3, -0.25) is 0 Å². The fraction of sp³-hybridized carbons (Fsp3) is 0.889. The van der Waals surface area contributed by atoms with Crippen molar-refractivity contribution >= 4 is 0 Å². The third kappa shape index (κ3) is 2.20. The van der Waals surface area contributed by atoms with Crippen molar-refractivity contribution in [3.05, 3.63) is 0 Å². The standard InChI is InChI=1S/C9H15NO2/c1-2-8-7-9(11,3-5-10)4-6-12-8/h8,11H,2-4,6-7H2,1H3. The van der Waals surface area contributed by atoms with Crippen LogP contribution in [-0.2, 0) is 4.74 Å². The Kier molecular flexibility index (Phi) is 3.07. The van der Waals surface area contributed by atoms with Crippen molar-refractivity contribution in [2.75, 3.05) is 6.61 Å². The summed E-state index contributed by atoms with van der Waals surface area (Å²) >= 11 is 0. The summed E-state index contributed by atoms with van der Waals surface area (Å²) in [5, 5.41) is 18.4. The van der Waals surface area contributed by atoms with Crippen LogP contribution in [0.1, 0.15) is 32.6 Å². The summed E-state index contributed by atoms with van der Waals surface area (Å²) < 4.78 is 5.40. The van der Waals surface area contributed by atoms with Crippen LogP contribution >= 0.6 is 0 Å². The van der Waals surface area contributed by atoms with Gasteiger partial charge in [0.2, 0.25) is 0 Å². The highest BCUT2D eigenvalue weighted by atomic mass is 16.5. The molecule has 1 rings (SSSR count). The fourth-order valence-electron chi connectivity index (χ4n) is 1.57. The van der Waals surface area contributed by atoms with Crippen molar-refractivity contribution in [3.63, 3.8) is 0 Å². The predicted molar refractivity (Wildman–Crippen MR) is 44.4 cm³/mol. The van der Waals surface area contributed by atoms with E-state index in [1.54, 1.807) is 0 Å². The first-order valence-corrected chi connectivity index (χ1v) is 4.41. The highest BCUT2D eigenvalue weighted by molar-refractivity contribution is 4.92. The van der Waals surface area contributed by atoms with Crippen LogP contribution in [-0.4, -0.2) is 23.4 Å². The molecule has 0 saturated carbocycles. The number of ether oxygens (including phenoxy) is 1. The Bertz CT molecular complexity index is 187. The summed E-state index contributed by atoms with van der Waals surface area (Å²) in [6, 6.07) is 2.02. The van der Waals surface area contributed by atoms with Crippen molar-refractivity contribution in [2.24, 2.45) is 0 Å². The third-order valence-electron chi connectivity index (χ3n) is 2.39. The second-order valence-corrected chi connectivity index (χ2v) is 3.41. The Hall–Kier alpha value is -0.590. The molecule has 3 heteroatoms. The van der Waals surface area contributed by atoms with Gasteiger partial charge in [-0.05, 0) is 6.42 Å². The summed E-state index contributed by atoms with van der Waals surface area (Å²) in [4.78, 5) is 0. The van der Waals surface area contributed by atoms with Crippen molar-refractivity contribution < 1.29 is 9.84 Å². The Balaban J connectivity index is 2.49. The van der Waals surface area contributed by atoms with E-state index in [1.165, 1.54) is 0 Å². The molecule has 0 aromatic heterocycles. The molecule has 1 heterocycles. The van der Waals surface area contributed by atoms with Crippen LogP contribution in [0.4, 0.5) is 0 Å². The Labute approximate surface area is 73.0 Å². The van der Waals surface area contributed by atoms with Crippen LogP contribution in [0.5, 0.6) is 0 Å². The van der Waals surface area contributed by atoms with Gasteiger partial charge in [0.1, 0.15) is 0 Å². The van der Waals surface area contributed by atoms with Gasteiger partial charge in [-0.1, -0.05) is 6.92 Å². The topological polar surface area (TPSA) is 53.2 Å². The number of rotatable bonds is 2. The first kappa shape index (κ1) is 9.50. The van der Waals surface area contributed by atoms with Crippen LogP contribution in [0.25, 0.3) is 0 Å². The molecule has 0 aliphatic carbocycles. The Morgan fingerprint density at radius 3 is 3.08 bits per heavy atom. The Morgan fingerprint density at radius 2 is 2.50 bits per heavy atom. The van der Waals surface area contributed by atoms with Crippen molar-refractivity contribution in [2.45, 2.75) is 44.3 Å². The molecule has 1 fully saturated rings. The molecule has 1 aliphatic heterocycles. The molecule has 0 radical (unpaired) electrons. The number of nitriles is 1. The van der Waals surface area contributed by atoms with Crippen LogP contribution in [0.15, 0.2) is 0 Å². The van der Waals surface area contributed by atoms with Gasteiger partial charge in [0.15, 0.2) is 0 Å². The van der Waals surface area contributed by atoms with Crippen molar-refractivity contribution in [1.82, 2.24) is 0 Å². The number of hydrogen-bond acceptors (Lipinski definition) is 3. The lowest BCUT2D eigenvalue weighted by atomic mass is 9.87. The number of aliphatic hydroxyl groups is 1. The summed E-state index contributed by atoms with van der Waals surface area (Å²) in [5.74, 6) is 0. The average molecular weight is 169 g/mol. The van der Waals surface area contributed by atoms with Gasteiger partial charge >= 0.3 is 0 Å². The van der Waals surface area contributed by atoms with E-state index in [2.05, 4.69) is 0 Å². The molecule has 1 aliphatic rings. The van der Waals surface area contributed by atoms with Crippen molar-refractivity contribution in [1.29, 1.82) is 5.26 Å². The molecule has 0 aromatic carbocycles. The maximum atomic E-state index is 9.87. The average Bonchev–Trinajstić information content (AvgIpc) is 2.04. The highest BCUT2D eigenvalue weighted by Crippen LogP contribution is 2.28. The quantitative estimate of drug-likeness (QED) is 0.676. The van der Waals surface area contributed by atoms with Crippen LogP contribution < -0.4 is 0 Å². The zero-order valence-electron chi connectivity index (χ0n) is 7.42. The van der Waals surface area contributed by atoms with E-state index < -0.39 is 5.60 Å². The van der Waals surface area contributed by atoms with Gasteiger partial charge in [0.05, 0.1) is 24.2 Å². The van der Waals surface area contributed by atoms with Gasteiger partial charge in [0.25, 0.3) is 0 Å². The Morgan fingerprint density at radius 1 is 1.75 bits per heavy atom. The van der Waals surface area contributed by atoms with Gasteiger partial charge < -0.3 is 9.84 Å². The molecule has 3 nitrogen and oxygen atoms in total. The lowest BCUT2D eigenvalue weighted by molar-refractivity contribution is -0.101. The molecular weight excluding hydrogens is 154 g/mol. The minimum absolute atomic E-state index is 0.136. The van der Waals surface area contributed by atoms with Crippen LogP contribution in [0.3, 0.4) is 0 Å². The van der Waals surface area contributed by atoms with E-state index in [0.717, 1.165) is 6.42 Å². The van der Waals surface area contributed by atoms with Gasteiger partial charge in [-0.15, -0.1) is 0 Å². The van der Waals surface area contributed by atoms with Gasteiger partial charge in [0, 0.05) is 19.4 Å². The molecule has 12 heavy (non-hydrogen) atoms. The number of nitrogens with zero attached hydrogens (tertiary/aromatic N) is 1. The van der Waals surface area contributed by atoms with E-state index in [-0.39, 0.29) is 12.5 Å². The van der Waals surface area contributed by atoms with Crippen LogP contribution in [0, 0.1) is 11.3 Å². The maximum absolute atomic E-state index is 9.87. The summed E-state index contributed by atoms with van der Waals surface area (Å²) in [6.45, 7) is 2.61. The second-order valence-electron chi connectivity index (χ2n) is 3.41. The third-order valence-corrected chi connectivity index (χ3v) is 2.39. The summed E-state index contributed by atoms with van der Waals surface area (Å²) in [5.41, 5.74) is -0.784. The molecule has 0 amide bonds. The molecule has 2 atom stereocenters. The minimum Gasteiger partial charge on any atom is -0.389 e. The normalized spacial score (nSPS) is 35.9. The molecule has 0 aromatic rings. The lowest BCUT2D eigenvalue weighted by Crippen LogP contribution is -2.40. The molecule has 1 N–H and O–H groups in total. The van der Waals surface area contributed by atoms with Gasteiger partial charge in [-0.2, -0.15) is 5.26 Å². The lowest BCUT2D eigenvalue weighted by Gasteiger charge is -2.34. The maximum Gasteiger partial charge on any atom is 0.0823 e. The monoisotopic (exact) mass is 169 g/mol. The molecule has 68 valence electrons. The van der Waals surface area contributed by atoms with Crippen molar-refractivity contribution in [3.8, 4) is 6.07 Å². The van der Waals surface area contributed by atoms with E-state index in [9.17, 15) is 5.11 Å².